The molecular formula is C12H17NO2. The van der Waals surface area contributed by atoms with Gasteiger partial charge in [0.2, 0.25) is 0 Å². The Hall–Kier alpha value is -1.90. The first-order valence-corrected chi connectivity index (χ1v) is 4.31. The van der Waals surface area contributed by atoms with E-state index < -0.39 is 0 Å². The number of hydrogen-bond donors (Lipinski definition) is 0. The van der Waals surface area contributed by atoms with Crippen LogP contribution in [0.25, 0.3) is 0 Å². The first-order valence-electron chi connectivity index (χ1n) is 4.31. The third-order valence-electron chi connectivity index (χ3n) is 1.08. The van der Waals surface area contributed by atoms with Crippen LogP contribution >= 0.6 is 0 Å². The van der Waals surface area contributed by atoms with Gasteiger partial charge in [-0.2, -0.15) is 0 Å². The predicted molar refractivity (Wildman–Crippen MR) is 62.7 cm³/mol. The van der Waals surface area contributed by atoms with E-state index in [1.54, 1.807) is 24.4 Å². The molecule has 0 bridgehead atoms. The van der Waals surface area contributed by atoms with Gasteiger partial charge in [0, 0.05) is 12.4 Å². The normalized spacial score (nSPS) is 7.07. The number of carbonyl (C=O) groups is 1. The molecule has 1 aromatic rings. The Kier molecular flexibility index (Phi) is 12.6. The van der Waals surface area contributed by atoms with E-state index in [4.69, 9.17) is 0 Å². The highest BCUT2D eigenvalue weighted by atomic mass is 16.5. The van der Waals surface area contributed by atoms with Crippen LogP contribution in [-0.4, -0.2) is 18.1 Å². The SMILES string of the molecule is C=C.C=CC.COC(=O)c1cccnc1. The highest BCUT2D eigenvalue weighted by Crippen LogP contribution is 1.96. The third-order valence-corrected chi connectivity index (χ3v) is 1.08. The van der Waals surface area contributed by atoms with E-state index in [0.29, 0.717) is 5.56 Å². The summed E-state index contributed by atoms with van der Waals surface area (Å²) in [5, 5.41) is 0. The lowest BCUT2D eigenvalue weighted by Crippen LogP contribution is -2.00. The molecule has 1 heterocycles. The summed E-state index contributed by atoms with van der Waals surface area (Å²) < 4.78 is 4.46. The summed E-state index contributed by atoms with van der Waals surface area (Å²) in [5.41, 5.74) is 0.477. The number of nitrogens with zero attached hydrogens (tertiary/aromatic N) is 1. The molecule has 0 atom stereocenters. The first kappa shape index (κ1) is 15.6. The fourth-order valence-electron chi connectivity index (χ4n) is 0.601. The van der Waals surface area contributed by atoms with Crippen LogP contribution in [-0.2, 0) is 4.74 Å². The van der Waals surface area contributed by atoms with Crippen LogP contribution in [0.3, 0.4) is 0 Å². The maximum Gasteiger partial charge on any atom is 0.339 e. The zero-order valence-electron chi connectivity index (χ0n) is 9.27. The third kappa shape index (κ3) is 8.43. The monoisotopic (exact) mass is 207 g/mol. The molecule has 0 radical (unpaired) electrons. The fourth-order valence-corrected chi connectivity index (χ4v) is 0.601. The van der Waals surface area contributed by atoms with Gasteiger partial charge in [0.1, 0.15) is 0 Å². The van der Waals surface area contributed by atoms with Crippen molar-refractivity contribution in [3.8, 4) is 0 Å². The van der Waals surface area contributed by atoms with Crippen molar-refractivity contribution in [2.75, 3.05) is 7.11 Å². The Morgan fingerprint density at radius 2 is 2.07 bits per heavy atom. The van der Waals surface area contributed by atoms with Gasteiger partial charge in [0.25, 0.3) is 0 Å². The molecule has 0 amide bonds. The van der Waals surface area contributed by atoms with E-state index >= 15 is 0 Å². The summed E-state index contributed by atoms with van der Waals surface area (Å²) in [5.74, 6) is -0.354. The number of aromatic nitrogens is 1. The van der Waals surface area contributed by atoms with Crippen LogP contribution in [0.5, 0.6) is 0 Å². The van der Waals surface area contributed by atoms with Crippen LogP contribution in [0.2, 0.25) is 0 Å². The van der Waals surface area contributed by atoms with Gasteiger partial charge in [0.05, 0.1) is 12.7 Å². The Balaban J connectivity index is 0. The molecule has 0 fully saturated rings. The summed E-state index contributed by atoms with van der Waals surface area (Å²) in [6.45, 7) is 11.2. The average molecular weight is 207 g/mol. The van der Waals surface area contributed by atoms with Gasteiger partial charge in [-0.1, -0.05) is 6.08 Å². The predicted octanol–water partition coefficient (Wildman–Crippen LogP) is 2.86. The van der Waals surface area contributed by atoms with Crippen LogP contribution in [0.15, 0.2) is 50.3 Å². The zero-order valence-corrected chi connectivity index (χ0v) is 9.27. The Morgan fingerprint density at radius 1 is 1.53 bits per heavy atom. The minimum atomic E-state index is -0.354. The fraction of sp³-hybridized carbons (Fsp3) is 0.167. The summed E-state index contributed by atoms with van der Waals surface area (Å²) in [6, 6.07) is 3.34. The lowest BCUT2D eigenvalue weighted by atomic mass is 10.3. The molecule has 1 aromatic heterocycles. The molecule has 3 nitrogen and oxygen atoms in total. The number of pyridine rings is 1. The Bertz CT molecular complexity index is 270. The molecule has 0 aromatic carbocycles. The number of allylic oxidation sites excluding steroid dienone is 1. The maximum absolute atomic E-state index is 10.8. The molecule has 0 aliphatic heterocycles. The Labute approximate surface area is 91.1 Å². The van der Waals surface area contributed by atoms with Crippen molar-refractivity contribution in [2.24, 2.45) is 0 Å². The van der Waals surface area contributed by atoms with Gasteiger partial charge in [-0.3, -0.25) is 4.98 Å². The second-order valence-corrected chi connectivity index (χ2v) is 2.14. The van der Waals surface area contributed by atoms with Crippen LogP contribution in [0, 0.1) is 0 Å². The molecule has 15 heavy (non-hydrogen) atoms. The molecular weight excluding hydrogens is 190 g/mol. The lowest BCUT2D eigenvalue weighted by molar-refractivity contribution is 0.0600. The second-order valence-electron chi connectivity index (χ2n) is 2.14. The van der Waals surface area contributed by atoms with Gasteiger partial charge in [-0.05, 0) is 19.1 Å². The van der Waals surface area contributed by atoms with Crippen LogP contribution in [0.1, 0.15) is 17.3 Å². The Morgan fingerprint density at radius 3 is 2.40 bits per heavy atom. The van der Waals surface area contributed by atoms with Gasteiger partial charge in [-0.25, -0.2) is 4.79 Å². The van der Waals surface area contributed by atoms with Crippen molar-refractivity contribution in [1.82, 2.24) is 4.98 Å². The van der Waals surface area contributed by atoms with E-state index in [0.717, 1.165) is 0 Å². The number of esters is 1. The summed E-state index contributed by atoms with van der Waals surface area (Å²) in [7, 11) is 1.34. The lowest BCUT2D eigenvalue weighted by Gasteiger charge is -1.94. The van der Waals surface area contributed by atoms with Gasteiger partial charge in [-0.15, -0.1) is 19.7 Å². The van der Waals surface area contributed by atoms with Crippen molar-refractivity contribution >= 4 is 5.97 Å². The van der Waals surface area contributed by atoms with Gasteiger partial charge in [0.15, 0.2) is 0 Å². The van der Waals surface area contributed by atoms with Crippen molar-refractivity contribution in [2.45, 2.75) is 6.92 Å². The van der Waals surface area contributed by atoms with Crippen molar-refractivity contribution in [1.29, 1.82) is 0 Å². The minimum Gasteiger partial charge on any atom is -0.465 e. The van der Waals surface area contributed by atoms with Crippen LogP contribution in [0.4, 0.5) is 0 Å². The quantitative estimate of drug-likeness (QED) is 0.525. The first-order chi connectivity index (χ1) is 7.26. The highest BCUT2D eigenvalue weighted by Gasteiger charge is 2.01. The van der Waals surface area contributed by atoms with Crippen molar-refractivity contribution in [3.63, 3.8) is 0 Å². The molecule has 82 valence electrons. The van der Waals surface area contributed by atoms with Gasteiger partial charge >= 0.3 is 5.97 Å². The zero-order chi connectivity index (χ0) is 12.1. The number of rotatable bonds is 1. The molecule has 0 N–H and O–H groups in total. The van der Waals surface area contributed by atoms with E-state index in [9.17, 15) is 4.79 Å². The number of hydrogen-bond acceptors (Lipinski definition) is 3. The largest absolute Gasteiger partial charge is 0.465 e. The standard InChI is InChI=1S/C7H7NO2.C3H6.C2H4/c1-10-7(9)6-3-2-4-8-5-6;1-3-2;1-2/h2-5H,1H3;3H,1H2,2H3;1-2H2. The number of carbonyl (C=O) groups excluding carboxylic acids is 1. The molecule has 0 spiro atoms. The molecule has 0 aliphatic carbocycles. The minimum absolute atomic E-state index is 0.354. The molecule has 0 saturated carbocycles. The topological polar surface area (TPSA) is 39.2 Å². The van der Waals surface area contributed by atoms with Crippen molar-refractivity contribution < 1.29 is 9.53 Å². The maximum atomic E-state index is 10.8. The molecule has 0 aliphatic rings. The van der Waals surface area contributed by atoms with Crippen molar-refractivity contribution in [3.05, 3.63) is 55.9 Å². The average Bonchev–Trinajstić information content (AvgIpc) is 2.33. The number of ether oxygens (including phenoxy) is 1. The van der Waals surface area contributed by atoms with Crippen LogP contribution < -0.4 is 0 Å². The molecule has 0 unspecified atom stereocenters. The van der Waals surface area contributed by atoms with E-state index in [-0.39, 0.29) is 5.97 Å². The van der Waals surface area contributed by atoms with E-state index in [1.807, 2.05) is 6.92 Å². The smallest absolute Gasteiger partial charge is 0.339 e. The van der Waals surface area contributed by atoms with E-state index in [2.05, 4.69) is 29.5 Å². The summed E-state index contributed by atoms with van der Waals surface area (Å²) in [4.78, 5) is 14.5. The van der Waals surface area contributed by atoms with E-state index in [1.165, 1.54) is 13.3 Å². The summed E-state index contributed by atoms with van der Waals surface area (Å²) in [6.07, 6.45) is 4.82. The molecule has 1 rings (SSSR count). The summed E-state index contributed by atoms with van der Waals surface area (Å²) >= 11 is 0. The second kappa shape index (κ2) is 12.1. The van der Waals surface area contributed by atoms with Gasteiger partial charge < -0.3 is 4.74 Å². The highest BCUT2D eigenvalue weighted by molar-refractivity contribution is 5.88. The molecule has 0 saturated heterocycles. The number of methoxy groups -OCH3 is 1. The molecule has 3 heteroatoms.